The molecule has 0 fully saturated rings. The Morgan fingerprint density at radius 3 is 2.84 bits per heavy atom. The summed E-state index contributed by atoms with van der Waals surface area (Å²) in [7, 11) is 0. The van der Waals surface area contributed by atoms with Crippen molar-refractivity contribution in [2.75, 3.05) is 11.9 Å². The molecule has 2 heterocycles. The summed E-state index contributed by atoms with van der Waals surface area (Å²) >= 11 is 6.16. The largest absolute Gasteiger partial charge is 0.342 e. The minimum atomic E-state index is -0.458. The molecule has 4 aromatic rings. The molecule has 0 aliphatic rings. The summed E-state index contributed by atoms with van der Waals surface area (Å²) < 4.78 is 1.48. The van der Waals surface area contributed by atoms with Crippen LogP contribution in [-0.4, -0.2) is 48.7 Å². The summed E-state index contributed by atoms with van der Waals surface area (Å²) in [5.74, 6) is 0.211. The normalized spacial score (nSPS) is 11.7. The number of benzene rings is 2. The molecule has 0 bridgehead atoms. The summed E-state index contributed by atoms with van der Waals surface area (Å²) in [6.07, 6.45) is 8.31. The van der Waals surface area contributed by atoms with E-state index in [-0.39, 0.29) is 11.9 Å². The Hall–Kier alpha value is -4.77. The molecule has 0 saturated heterocycles. The molecule has 0 spiro atoms. The summed E-state index contributed by atoms with van der Waals surface area (Å²) in [6, 6.07) is 11.8. The summed E-state index contributed by atoms with van der Waals surface area (Å²) in [5.41, 5.74) is 3.41. The first-order valence-electron chi connectivity index (χ1n) is 11.8. The maximum absolute atomic E-state index is 12.9. The Balaban J connectivity index is 1.52. The fraction of sp³-hybridized carbons (Fsp3) is 0.154. The van der Waals surface area contributed by atoms with Crippen LogP contribution in [0.5, 0.6) is 0 Å². The Bertz CT molecular complexity index is 1450. The first-order valence-corrected chi connectivity index (χ1v) is 12.2. The third-order valence-corrected chi connectivity index (χ3v) is 5.68. The summed E-state index contributed by atoms with van der Waals surface area (Å²) in [6.45, 7) is 6.16. The Labute approximate surface area is 224 Å². The fourth-order valence-corrected chi connectivity index (χ4v) is 3.92. The predicted molar refractivity (Wildman–Crippen MR) is 146 cm³/mol. The van der Waals surface area contributed by atoms with Crippen LogP contribution < -0.4 is 16.0 Å². The van der Waals surface area contributed by atoms with E-state index in [2.05, 4.69) is 48.0 Å². The van der Waals surface area contributed by atoms with Gasteiger partial charge in [0.2, 0.25) is 5.91 Å². The smallest absolute Gasteiger partial charge is 0.319 e. The number of halogens is 1. The van der Waals surface area contributed by atoms with Gasteiger partial charge in [-0.2, -0.15) is 4.68 Å². The number of carbonyl (C=O) groups excluding carboxylic acids is 2. The summed E-state index contributed by atoms with van der Waals surface area (Å²) in [4.78, 5) is 32.7. The molecule has 3 amide bonds. The van der Waals surface area contributed by atoms with Crippen LogP contribution in [0.2, 0.25) is 5.02 Å². The number of para-hydroxylation sites is 1. The first-order chi connectivity index (χ1) is 18.5. The number of rotatable bonds is 10. The average molecular weight is 532 g/mol. The molecule has 4 N–H and O–H groups in total. The number of urea groups is 1. The average Bonchev–Trinajstić information content (AvgIpc) is 3.61. The Kier molecular flexibility index (Phi) is 8.62. The number of anilines is 1. The molecular formula is C26H26ClN9O2. The maximum atomic E-state index is 12.9. The van der Waals surface area contributed by atoms with Gasteiger partial charge in [0.05, 0.1) is 29.3 Å². The number of tetrazole rings is 1. The van der Waals surface area contributed by atoms with Crippen molar-refractivity contribution in [2.24, 2.45) is 0 Å². The number of carbonyl (C=O) groups is 2. The fourth-order valence-electron chi connectivity index (χ4n) is 3.73. The predicted octanol–water partition coefficient (Wildman–Crippen LogP) is 4.29. The molecule has 0 unspecified atom stereocenters. The maximum Gasteiger partial charge on any atom is 0.319 e. The van der Waals surface area contributed by atoms with E-state index >= 15 is 0 Å². The number of hydrogen-bond donors (Lipinski definition) is 4. The number of aromatic amines is 1. The molecule has 0 radical (unpaired) electrons. The highest BCUT2D eigenvalue weighted by Crippen LogP contribution is 2.28. The van der Waals surface area contributed by atoms with Crippen LogP contribution in [0.3, 0.4) is 0 Å². The highest BCUT2D eigenvalue weighted by molar-refractivity contribution is 6.30. The van der Waals surface area contributed by atoms with Crippen LogP contribution in [0.15, 0.2) is 73.7 Å². The molecule has 1 atom stereocenters. The second-order valence-electron chi connectivity index (χ2n) is 8.09. The number of amides is 3. The second-order valence-corrected chi connectivity index (χ2v) is 8.53. The minimum Gasteiger partial charge on any atom is -0.342 e. The van der Waals surface area contributed by atoms with Crippen molar-refractivity contribution in [3.8, 4) is 16.9 Å². The van der Waals surface area contributed by atoms with Crippen LogP contribution in [0.4, 0.5) is 10.5 Å². The van der Waals surface area contributed by atoms with Crippen molar-refractivity contribution in [3.63, 3.8) is 0 Å². The van der Waals surface area contributed by atoms with Crippen molar-refractivity contribution in [2.45, 2.75) is 19.4 Å². The lowest BCUT2D eigenvalue weighted by Gasteiger charge is -2.14. The number of nitrogens with zero attached hydrogens (tertiary/aromatic N) is 5. The van der Waals surface area contributed by atoms with Gasteiger partial charge in [0, 0.05) is 28.8 Å². The van der Waals surface area contributed by atoms with E-state index in [1.54, 1.807) is 42.6 Å². The quantitative estimate of drug-likeness (QED) is 0.177. The molecule has 4 rings (SSSR count). The molecule has 2 aromatic heterocycles. The van der Waals surface area contributed by atoms with Crippen molar-refractivity contribution in [3.05, 3.63) is 90.1 Å². The SMILES string of the molecule is C=CC[C@H](NC(=O)/C=C/c1cc(Cl)ccc1-n1cnnn1)c1ncc(-c2ccccc2NC(=O)NCC)[nH]1. The third kappa shape index (κ3) is 6.51. The van der Waals surface area contributed by atoms with E-state index in [9.17, 15) is 9.59 Å². The van der Waals surface area contributed by atoms with Gasteiger partial charge in [-0.15, -0.1) is 11.7 Å². The highest BCUT2D eigenvalue weighted by Gasteiger charge is 2.18. The first kappa shape index (κ1) is 26.3. The molecule has 194 valence electrons. The van der Waals surface area contributed by atoms with Gasteiger partial charge < -0.3 is 20.9 Å². The Morgan fingerprint density at radius 2 is 2.08 bits per heavy atom. The summed E-state index contributed by atoms with van der Waals surface area (Å²) in [5, 5.41) is 20.2. The van der Waals surface area contributed by atoms with Crippen molar-refractivity contribution < 1.29 is 9.59 Å². The van der Waals surface area contributed by atoms with Crippen LogP contribution in [0.25, 0.3) is 23.0 Å². The van der Waals surface area contributed by atoms with E-state index in [0.29, 0.717) is 46.4 Å². The van der Waals surface area contributed by atoms with Crippen LogP contribution >= 0.6 is 11.6 Å². The molecular weight excluding hydrogens is 506 g/mol. The van der Waals surface area contributed by atoms with Crippen LogP contribution in [0, 0.1) is 0 Å². The zero-order valence-corrected chi connectivity index (χ0v) is 21.3. The lowest BCUT2D eigenvalue weighted by molar-refractivity contribution is -0.117. The number of aromatic nitrogens is 6. The Morgan fingerprint density at radius 1 is 1.24 bits per heavy atom. The van der Waals surface area contributed by atoms with Gasteiger partial charge in [-0.05, 0) is 54.1 Å². The second kappa shape index (κ2) is 12.5. The lowest BCUT2D eigenvalue weighted by atomic mass is 10.1. The highest BCUT2D eigenvalue weighted by atomic mass is 35.5. The van der Waals surface area contributed by atoms with E-state index in [4.69, 9.17) is 11.6 Å². The molecule has 0 saturated carbocycles. The van der Waals surface area contributed by atoms with Crippen LogP contribution in [0.1, 0.15) is 30.8 Å². The number of nitrogens with one attached hydrogen (secondary N) is 4. The van der Waals surface area contributed by atoms with Gasteiger partial charge in [-0.1, -0.05) is 35.9 Å². The van der Waals surface area contributed by atoms with E-state index < -0.39 is 6.04 Å². The van der Waals surface area contributed by atoms with Crippen molar-refractivity contribution in [1.29, 1.82) is 0 Å². The molecule has 2 aromatic carbocycles. The molecule has 12 heteroatoms. The van der Waals surface area contributed by atoms with Gasteiger partial charge in [-0.25, -0.2) is 9.78 Å². The standard InChI is InChI=1S/C26H26ClN9O2/c1-3-7-21(25-29-15-22(32-25)19-8-5-6-9-20(19)33-26(38)28-4-2)31-24(37)13-10-17-14-18(27)11-12-23(17)36-16-30-34-35-36/h3,5-6,8-16,21H,1,4,7H2,2H3,(H,29,32)(H,31,37)(H2,28,33,38)/b13-10+/t21-/m0/s1. The van der Waals surface area contributed by atoms with Gasteiger partial charge in [0.15, 0.2) is 0 Å². The van der Waals surface area contributed by atoms with E-state index in [0.717, 1.165) is 5.56 Å². The van der Waals surface area contributed by atoms with Crippen molar-refractivity contribution in [1.82, 2.24) is 40.8 Å². The molecule has 0 aliphatic carbocycles. The van der Waals surface area contributed by atoms with E-state index in [1.165, 1.54) is 17.1 Å². The van der Waals surface area contributed by atoms with E-state index in [1.807, 2.05) is 25.1 Å². The topological polar surface area (TPSA) is 143 Å². The minimum absolute atomic E-state index is 0.300. The number of hydrogen-bond acceptors (Lipinski definition) is 6. The van der Waals surface area contributed by atoms with Crippen LogP contribution in [-0.2, 0) is 4.79 Å². The van der Waals surface area contributed by atoms with Gasteiger partial charge in [0.25, 0.3) is 0 Å². The lowest BCUT2D eigenvalue weighted by Crippen LogP contribution is -2.28. The van der Waals surface area contributed by atoms with Gasteiger partial charge >= 0.3 is 6.03 Å². The molecule has 38 heavy (non-hydrogen) atoms. The van der Waals surface area contributed by atoms with Gasteiger partial charge in [0.1, 0.15) is 12.2 Å². The van der Waals surface area contributed by atoms with Crippen molar-refractivity contribution >= 4 is 35.3 Å². The third-order valence-electron chi connectivity index (χ3n) is 5.45. The van der Waals surface area contributed by atoms with Gasteiger partial charge in [-0.3, -0.25) is 4.79 Å². The number of H-pyrrole nitrogens is 1. The zero-order valence-electron chi connectivity index (χ0n) is 20.6. The molecule has 11 nitrogen and oxygen atoms in total. The zero-order chi connectivity index (χ0) is 26.9. The number of imidazole rings is 1. The molecule has 0 aliphatic heterocycles. The monoisotopic (exact) mass is 531 g/mol.